The average molecular weight is 400 g/mol. The van der Waals surface area contributed by atoms with Crippen molar-refractivity contribution < 1.29 is 4.79 Å². The Labute approximate surface area is 169 Å². The highest BCUT2D eigenvalue weighted by molar-refractivity contribution is 8.00. The first-order valence-electron chi connectivity index (χ1n) is 8.95. The number of amides is 1. The van der Waals surface area contributed by atoms with Crippen LogP contribution in [-0.2, 0) is 11.3 Å². The second kappa shape index (κ2) is 7.98. The van der Waals surface area contributed by atoms with Crippen LogP contribution >= 0.6 is 23.1 Å². The van der Waals surface area contributed by atoms with E-state index in [0.29, 0.717) is 12.3 Å². The van der Waals surface area contributed by atoms with E-state index in [1.54, 1.807) is 17.7 Å². The quantitative estimate of drug-likeness (QED) is 0.435. The van der Waals surface area contributed by atoms with Crippen LogP contribution in [0, 0.1) is 13.8 Å². The highest BCUT2D eigenvalue weighted by Crippen LogP contribution is 2.34. The fourth-order valence-corrected chi connectivity index (χ4v) is 4.93. The molecule has 2 aromatic heterocycles. The largest absolute Gasteiger partial charge is 0.333 e. The summed E-state index contributed by atoms with van der Waals surface area (Å²) in [5.41, 5.74) is 2.10. The van der Waals surface area contributed by atoms with Crippen LogP contribution in [0.4, 0.5) is 0 Å². The van der Waals surface area contributed by atoms with Gasteiger partial charge in [0.2, 0.25) is 5.91 Å². The fraction of sp³-hybridized carbons (Fsp3) is 0.381. The fourth-order valence-electron chi connectivity index (χ4n) is 2.93. The van der Waals surface area contributed by atoms with Crippen molar-refractivity contribution in [3.63, 3.8) is 0 Å². The molecule has 0 saturated heterocycles. The van der Waals surface area contributed by atoms with Crippen LogP contribution in [0.3, 0.4) is 0 Å². The summed E-state index contributed by atoms with van der Waals surface area (Å²) in [4.78, 5) is 26.1. The number of rotatable bonds is 5. The summed E-state index contributed by atoms with van der Waals surface area (Å²) in [6, 6.07) is 10.1. The standard InChI is InChI=1S/C21H25N3OS2/c1-14-15(2)27-20-18(14)19(22-13-23-20)26-12-17(25)24(21(3,4)5)11-16-9-7-6-8-10-16/h6-10,13H,11-12H2,1-5H3. The Morgan fingerprint density at radius 2 is 1.85 bits per heavy atom. The highest BCUT2D eigenvalue weighted by atomic mass is 32.2. The lowest BCUT2D eigenvalue weighted by Gasteiger charge is -2.36. The molecule has 1 amide bonds. The summed E-state index contributed by atoms with van der Waals surface area (Å²) >= 11 is 3.18. The van der Waals surface area contributed by atoms with E-state index in [1.807, 2.05) is 23.1 Å². The molecule has 0 radical (unpaired) electrons. The first-order valence-corrected chi connectivity index (χ1v) is 10.8. The lowest BCUT2D eigenvalue weighted by Crippen LogP contribution is -2.45. The van der Waals surface area contributed by atoms with E-state index in [2.05, 4.69) is 56.7 Å². The van der Waals surface area contributed by atoms with Gasteiger partial charge < -0.3 is 4.90 Å². The number of aromatic nitrogens is 2. The number of hydrogen-bond donors (Lipinski definition) is 0. The van der Waals surface area contributed by atoms with E-state index < -0.39 is 0 Å². The van der Waals surface area contributed by atoms with Crippen LogP contribution < -0.4 is 0 Å². The molecular weight excluding hydrogens is 374 g/mol. The zero-order chi connectivity index (χ0) is 19.6. The molecule has 0 unspecified atom stereocenters. The maximum atomic E-state index is 13.1. The van der Waals surface area contributed by atoms with Crippen LogP contribution in [-0.4, -0.2) is 32.1 Å². The molecule has 0 aliphatic carbocycles. The van der Waals surface area contributed by atoms with Gasteiger partial charge in [0.15, 0.2) is 0 Å². The third-order valence-corrected chi connectivity index (χ3v) is 6.65. The van der Waals surface area contributed by atoms with E-state index in [-0.39, 0.29) is 11.4 Å². The van der Waals surface area contributed by atoms with E-state index in [1.165, 1.54) is 22.2 Å². The molecule has 0 atom stereocenters. The maximum Gasteiger partial charge on any atom is 0.233 e. The zero-order valence-electron chi connectivity index (χ0n) is 16.4. The number of carbonyl (C=O) groups is 1. The Kier molecular flexibility index (Phi) is 5.86. The third kappa shape index (κ3) is 4.50. The van der Waals surface area contributed by atoms with Gasteiger partial charge in [-0.1, -0.05) is 42.1 Å². The number of thiophene rings is 1. The van der Waals surface area contributed by atoms with Crippen molar-refractivity contribution in [1.82, 2.24) is 14.9 Å². The number of nitrogens with zero attached hydrogens (tertiary/aromatic N) is 3. The minimum Gasteiger partial charge on any atom is -0.333 e. The number of carbonyl (C=O) groups excluding carboxylic acids is 1. The van der Waals surface area contributed by atoms with Crippen LogP contribution in [0.25, 0.3) is 10.2 Å². The third-order valence-electron chi connectivity index (χ3n) is 4.56. The van der Waals surface area contributed by atoms with Gasteiger partial charge in [0.1, 0.15) is 16.2 Å². The molecule has 27 heavy (non-hydrogen) atoms. The number of thioether (sulfide) groups is 1. The highest BCUT2D eigenvalue weighted by Gasteiger charge is 2.27. The zero-order valence-corrected chi connectivity index (χ0v) is 18.1. The minimum absolute atomic E-state index is 0.118. The van der Waals surface area contributed by atoms with Gasteiger partial charge in [-0.25, -0.2) is 9.97 Å². The van der Waals surface area contributed by atoms with Crippen LogP contribution in [0.15, 0.2) is 41.7 Å². The summed E-state index contributed by atoms with van der Waals surface area (Å²) in [7, 11) is 0. The molecule has 0 fully saturated rings. The Hall–Kier alpha value is -1.92. The van der Waals surface area contributed by atoms with Crippen molar-refractivity contribution in [1.29, 1.82) is 0 Å². The summed E-state index contributed by atoms with van der Waals surface area (Å²) in [6.45, 7) is 11.0. The monoisotopic (exact) mass is 399 g/mol. The van der Waals surface area contributed by atoms with Crippen molar-refractivity contribution in [2.45, 2.75) is 51.7 Å². The van der Waals surface area contributed by atoms with Crippen molar-refractivity contribution in [2.24, 2.45) is 0 Å². The van der Waals surface area contributed by atoms with Crippen LogP contribution in [0.2, 0.25) is 0 Å². The molecule has 6 heteroatoms. The number of benzene rings is 1. The predicted octanol–water partition coefficient (Wildman–Crippen LogP) is 5.23. The lowest BCUT2D eigenvalue weighted by atomic mass is 10.0. The Morgan fingerprint density at radius 3 is 2.52 bits per heavy atom. The van der Waals surface area contributed by atoms with Crippen molar-refractivity contribution in [3.8, 4) is 0 Å². The molecule has 0 aliphatic heterocycles. The van der Waals surface area contributed by atoms with Gasteiger partial charge >= 0.3 is 0 Å². The second-order valence-electron chi connectivity index (χ2n) is 7.57. The summed E-state index contributed by atoms with van der Waals surface area (Å²) in [5, 5.41) is 1.98. The Balaban J connectivity index is 1.79. The van der Waals surface area contributed by atoms with Gasteiger partial charge in [0.25, 0.3) is 0 Å². The SMILES string of the molecule is Cc1sc2ncnc(SCC(=O)N(Cc3ccccc3)C(C)(C)C)c2c1C. The van der Waals surface area contributed by atoms with Crippen LogP contribution in [0.5, 0.6) is 0 Å². The van der Waals surface area contributed by atoms with E-state index in [0.717, 1.165) is 20.8 Å². The smallest absolute Gasteiger partial charge is 0.233 e. The second-order valence-corrected chi connectivity index (χ2v) is 9.73. The van der Waals surface area contributed by atoms with E-state index >= 15 is 0 Å². The first kappa shape index (κ1) is 19.8. The van der Waals surface area contributed by atoms with Crippen molar-refractivity contribution in [2.75, 3.05) is 5.75 Å². The molecular formula is C21H25N3OS2. The van der Waals surface area contributed by atoms with Gasteiger partial charge in [-0.05, 0) is 45.7 Å². The van der Waals surface area contributed by atoms with Gasteiger partial charge in [0.05, 0.1) is 5.75 Å². The van der Waals surface area contributed by atoms with Gasteiger partial charge in [-0.3, -0.25) is 4.79 Å². The molecule has 3 aromatic rings. The molecule has 0 spiro atoms. The molecule has 0 saturated carbocycles. The number of hydrogen-bond acceptors (Lipinski definition) is 5. The molecule has 1 aromatic carbocycles. The van der Waals surface area contributed by atoms with E-state index in [9.17, 15) is 4.79 Å². The first-order chi connectivity index (χ1) is 12.8. The van der Waals surface area contributed by atoms with Gasteiger partial charge in [-0.2, -0.15) is 0 Å². The van der Waals surface area contributed by atoms with Crippen LogP contribution in [0.1, 0.15) is 36.8 Å². The lowest BCUT2D eigenvalue weighted by molar-refractivity contribution is -0.133. The average Bonchev–Trinajstić information content (AvgIpc) is 2.92. The summed E-state index contributed by atoms with van der Waals surface area (Å²) < 4.78 is 0. The minimum atomic E-state index is -0.247. The van der Waals surface area contributed by atoms with Gasteiger partial charge in [0, 0.05) is 22.3 Å². The Morgan fingerprint density at radius 1 is 1.15 bits per heavy atom. The summed E-state index contributed by atoms with van der Waals surface area (Å²) in [5.74, 6) is 0.484. The summed E-state index contributed by atoms with van der Waals surface area (Å²) in [6.07, 6.45) is 1.59. The molecule has 0 bridgehead atoms. The molecule has 0 N–H and O–H groups in total. The molecule has 4 nitrogen and oxygen atoms in total. The molecule has 2 heterocycles. The molecule has 0 aliphatic rings. The normalized spacial score (nSPS) is 11.7. The van der Waals surface area contributed by atoms with Crippen molar-refractivity contribution >= 4 is 39.2 Å². The van der Waals surface area contributed by atoms with Crippen molar-refractivity contribution in [3.05, 3.63) is 52.7 Å². The van der Waals surface area contributed by atoms with Gasteiger partial charge in [-0.15, -0.1) is 11.3 Å². The maximum absolute atomic E-state index is 13.1. The molecule has 142 valence electrons. The molecule has 3 rings (SSSR count). The topological polar surface area (TPSA) is 46.1 Å². The number of fused-ring (bicyclic) bond motifs is 1. The predicted molar refractivity (Wildman–Crippen MR) is 114 cm³/mol. The number of aryl methyl sites for hydroxylation is 2. The Bertz CT molecular complexity index is 945. The van der Waals surface area contributed by atoms with E-state index in [4.69, 9.17) is 0 Å².